The first-order valence-electron chi connectivity index (χ1n) is 4.48. The molecular formula is C10H14N2OZn. The van der Waals surface area contributed by atoms with Gasteiger partial charge >= 0.3 is 19.5 Å². The summed E-state index contributed by atoms with van der Waals surface area (Å²) in [4.78, 5) is 6.54. The van der Waals surface area contributed by atoms with E-state index in [1.54, 1.807) is 0 Å². The van der Waals surface area contributed by atoms with Gasteiger partial charge in [0.1, 0.15) is 0 Å². The molecule has 2 rings (SSSR count). The fourth-order valence-electron chi connectivity index (χ4n) is 1.90. The number of hydrogen-bond acceptors (Lipinski definition) is 2. The Morgan fingerprint density at radius 1 is 1.50 bits per heavy atom. The first-order chi connectivity index (χ1) is 5.88. The molecule has 1 aromatic rings. The van der Waals surface area contributed by atoms with Gasteiger partial charge in [0, 0.05) is 18.4 Å². The average molecular weight is 244 g/mol. The van der Waals surface area contributed by atoms with Gasteiger partial charge in [-0.2, -0.15) is 0 Å². The normalized spacial score (nSPS) is 21.1. The molecule has 1 aromatic heterocycles. The fraction of sp³-hybridized carbons (Fsp3) is 0.500. The minimum atomic E-state index is 0. The van der Waals surface area contributed by atoms with Gasteiger partial charge in [-0.3, -0.25) is 9.88 Å². The van der Waals surface area contributed by atoms with Gasteiger partial charge in [-0.15, -0.1) is 0 Å². The predicted octanol–water partition coefficient (Wildman–Crippen LogP) is 1.73. The maximum Gasteiger partial charge on any atom is 2.00 e. The molecule has 1 aliphatic rings. The zero-order valence-electron chi connectivity index (χ0n) is 8.52. The summed E-state index contributed by atoms with van der Waals surface area (Å²) in [6.07, 6.45) is 6.41. The summed E-state index contributed by atoms with van der Waals surface area (Å²) in [6, 6.07) is 4.79. The van der Waals surface area contributed by atoms with Crippen LogP contribution in [0.25, 0.3) is 0 Å². The van der Waals surface area contributed by atoms with Gasteiger partial charge in [0.25, 0.3) is 0 Å². The van der Waals surface area contributed by atoms with Crippen molar-refractivity contribution in [2.45, 2.75) is 18.9 Å². The predicted molar refractivity (Wildman–Crippen MR) is 49.5 cm³/mol. The van der Waals surface area contributed by atoms with Gasteiger partial charge in [-0.05, 0) is 38.1 Å². The Balaban J connectivity index is 0.000000845. The standard InChI is InChI=1S/C10H14N2.O.Zn/c1-12-7-3-5-10(12)9-4-2-6-11-8-9;;/h2,4,6,8,10H,3,5,7H2,1H3;;/q;-2;+2. The van der Waals surface area contributed by atoms with E-state index in [1.165, 1.54) is 24.9 Å². The van der Waals surface area contributed by atoms with Crippen molar-refractivity contribution in [2.75, 3.05) is 13.6 Å². The summed E-state index contributed by atoms with van der Waals surface area (Å²) in [5, 5.41) is 0. The summed E-state index contributed by atoms with van der Waals surface area (Å²) < 4.78 is 0. The van der Waals surface area contributed by atoms with Crippen LogP contribution in [0.3, 0.4) is 0 Å². The number of aromatic nitrogens is 1. The van der Waals surface area contributed by atoms with E-state index >= 15 is 0 Å². The molecular weight excluding hydrogens is 230 g/mol. The van der Waals surface area contributed by atoms with E-state index < -0.39 is 0 Å². The average Bonchev–Trinajstić information content (AvgIpc) is 2.53. The monoisotopic (exact) mass is 242 g/mol. The first-order valence-corrected chi connectivity index (χ1v) is 4.48. The van der Waals surface area contributed by atoms with Gasteiger partial charge in [-0.25, -0.2) is 0 Å². The van der Waals surface area contributed by atoms with Crippen LogP contribution in [0.2, 0.25) is 0 Å². The second kappa shape index (κ2) is 6.23. The molecule has 0 aliphatic carbocycles. The molecule has 1 atom stereocenters. The van der Waals surface area contributed by atoms with Crippen LogP contribution >= 0.6 is 0 Å². The Bertz CT molecular complexity index is 256. The van der Waals surface area contributed by atoms with Crippen molar-refractivity contribution in [3.05, 3.63) is 30.1 Å². The van der Waals surface area contributed by atoms with Crippen molar-refractivity contribution in [1.29, 1.82) is 0 Å². The smallest absolute Gasteiger partial charge is 2.00 e. The molecule has 0 aromatic carbocycles. The van der Waals surface area contributed by atoms with Crippen LogP contribution in [-0.4, -0.2) is 23.5 Å². The molecule has 2 heterocycles. The van der Waals surface area contributed by atoms with E-state index in [-0.39, 0.29) is 25.0 Å². The third kappa shape index (κ3) is 2.84. The molecule has 72 valence electrons. The van der Waals surface area contributed by atoms with Gasteiger partial charge in [0.15, 0.2) is 0 Å². The van der Waals surface area contributed by atoms with E-state index in [9.17, 15) is 0 Å². The van der Waals surface area contributed by atoms with E-state index in [0.717, 1.165) is 0 Å². The third-order valence-electron chi connectivity index (χ3n) is 2.59. The van der Waals surface area contributed by atoms with Crippen LogP contribution in [0, 0.1) is 0 Å². The molecule has 14 heavy (non-hydrogen) atoms. The Morgan fingerprint density at radius 2 is 2.29 bits per heavy atom. The van der Waals surface area contributed by atoms with Crippen molar-refractivity contribution in [3.63, 3.8) is 0 Å². The third-order valence-corrected chi connectivity index (χ3v) is 2.59. The molecule has 1 saturated heterocycles. The number of rotatable bonds is 1. The Morgan fingerprint density at radius 3 is 2.79 bits per heavy atom. The second-order valence-electron chi connectivity index (χ2n) is 3.42. The fourth-order valence-corrected chi connectivity index (χ4v) is 1.90. The minimum absolute atomic E-state index is 0. The Labute approximate surface area is 97.6 Å². The molecule has 0 spiro atoms. The van der Waals surface area contributed by atoms with E-state index in [2.05, 4.69) is 23.0 Å². The second-order valence-corrected chi connectivity index (χ2v) is 3.42. The largest absolute Gasteiger partial charge is 2.00 e. The van der Waals surface area contributed by atoms with E-state index in [4.69, 9.17) is 0 Å². The zero-order valence-corrected chi connectivity index (χ0v) is 11.5. The molecule has 1 unspecified atom stereocenters. The maximum absolute atomic E-state index is 4.14. The van der Waals surface area contributed by atoms with Crippen molar-refractivity contribution >= 4 is 0 Å². The molecule has 0 bridgehead atoms. The van der Waals surface area contributed by atoms with E-state index in [1.807, 2.05) is 18.5 Å². The van der Waals surface area contributed by atoms with Crippen molar-refractivity contribution in [1.82, 2.24) is 9.88 Å². The number of pyridine rings is 1. The van der Waals surface area contributed by atoms with Gasteiger partial charge < -0.3 is 5.48 Å². The molecule has 0 amide bonds. The van der Waals surface area contributed by atoms with Crippen molar-refractivity contribution < 1.29 is 25.0 Å². The number of likely N-dealkylation sites (tertiary alicyclic amines) is 1. The summed E-state index contributed by atoms with van der Waals surface area (Å²) in [7, 11) is 2.19. The Hall–Kier alpha value is -0.307. The van der Waals surface area contributed by atoms with Crippen molar-refractivity contribution in [2.24, 2.45) is 0 Å². The summed E-state index contributed by atoms with van der Waals surface area (Å²) in [5.41, 5.74) is 1.36. The Kier molecular flexibility index (Phi) is 6.09. The minimum Gasteiger partial charge on any atom is -2.00 e. The molecule has 0 radical (unpaired) electrons. The van der Waals surface area contributed by atoms with Gasteiger partial charge in [-0.1, -0.05) is 6.07 Å². The van der Waals surface area contributed by atoms with E-state index in [0.29, 0.717) is 6.04 Å². The van der Waals surface area contributed by atoms with Crippen LogP contribution in [0.4, 0.5) is 0 Å². The van der Waals surface area contributed by atoms with Crippen molar-refractivity contribution in [3.8, 4) is 0 Å². The molecule has 1 fully saturated rings. The van der Waals surface area contributed by atoms with Crippen LogP contribution in [0.15, 0.2) is 24.5 Å². The molecule has 1 aliphatic heterocycles. The summed E-state index contributed by atoms with van der Waals surface area (Å²) in [5.74, 6) is 0. The number of nitrogens with zero attached hydrogens (tertiary/aromatic N) is 2. The van der Waals surface area contributed by atoms with Gasteiger partial charge in [0.2, 0.25) is 0 Å². The van der Waals surface area contributed by atoms with Crippen LogP contribution in [0.1, 0.15) is 24.4 Å². The first kappa shape index (κ1) is 13.7. The zero-order chi connectivity index (χ0) is 8.39. The SMILES string of the molecule is CN1CCCC1c1cccnc1.[O-2].[Zn+2]. The summed E-state index contributed by atoms with van der Waals surface area (Å²) in [6.45, 7) is 1.22. The molecule has 3 nitrogen and oxygen atoms in total. The molecule has 0 saturated carbocycles. The quantitative estimate of drug-likeness (QED) is 0.705. The van der Waals surface area contributed by atoms with Crippen LogP contribution < -0.4 is 0 Å². The topological polar surface area (TPSA) is 44.6 Å². The maximum atomic E-state index is 4.14. The summed E-state index contributed by atoms with van der Waals surface area (Å²) >= 11 is 0. The number of hydrogen-bond donors (Lipinski definition) is 0. The van der Waals surface area contributed by atoms with Crippen LogP contribution in [0.5, 0.6) is 0 Å². The van der Waals surface area contributed by atoms with Crippen LogP contribution in [-0.2, 0) is 25.0 Å². The molecule has 4 heteroatoms. The van der Waals surface area contributed by atoms with Gasteiger partial charge in [0.05, 0.1) is 0 Å². The molecule has 0 N–H and O–H groups in total.